The molecule has 2 aliphatic heterocycles. The molecule has 0 bridgehead atoms. The Balaban J connectivity index is 1.84. The molecule has 0 aliphatic carbocycles. The van der Waals surface area contributed by atoms with Crippen molar-refractivity contribution < 1.29 is 13.2 Å². The van der Waals surface area contributed by atoms with Gasteiger partial charge < -0.3 is 9.80 Å². The van der Waals surface area contributed by atoms with Crippen molar-refractivity contribution in [1.29, 1.82) is 0 Å². The van der Waals surface area contributed by atoms with Crippen LogP contribution in [0.5, 0.6) is 0 Å². The number of aryl methyl sites for hydroxylation is 1. The molecule has 2 heterocycles. The molecular weight excluding hydrogens is 350 g/mol. The van der Waals surface area contributed by atoms with E-state index in [1.54, 1.807) is 25.1 Å². The first-order valence-electron chi connectivity index (χ1n) is 9.37. The summed E-state index contributed by atoms with van der Waals surface area (Å²) in [7, 11) is -1.58. The van der Waals surface area contributed by atoms with Gasteiger partial charge in [0.1, 0.15) is 0 Å². The highest BCUT2D eigenvalue weighted by atomic mass is 32.2. The predicted molar refractivity (Wildman–Crippen MR) is 102 cm³/mol. The first-order chi connectivity index (χ1) is 12.3. The van der Waals surface area contributed by atoms with E-state index < -0.39 is 10.0 Å². The van der Waals surface area contributed by atoms with Crippen LogP contribution in [0, 0.1) is 12.8 Å². The Hall–Kier alpha value is -1.44. The second-order valence-electron chi connectivity index (χ2n) is 7.66. The lowest BCUT2D eigenvalue weighted by molar-refractivity contribution is 0.0697. The van der Waals surface area contributed by atoms with Crippen LogP contribution in [0.4, 0.5) is 0 Å². The summed E-state index contributed by atoms with van der Waals surface area (Å²) in [5.41, 5.74) is 1.16. The zero-order valence-corrected chi connectivity index (χ0v) is 16.8. The minimum absolute atomic E-state index is 0.0632. The number of amides is 1. The number of carbonyl (C=O) groups excluding carboxylic acids is 1. The molecule has 0 radical (unpaired) electrons. The van der Waals surface area contributed by atoms with Crippen molar-refractivity contribution >= 4 is 15.9 Å². The Morgan fingerprint density at radius 2 is 1.65 bits per heavy atom. The van der Waals surface area contributed by atoms with Gasteiger partial charge in [-0.2, -0.15) is 4.31 Å². The van der Waals surface area contributed by atoms with E-state index in [1.807, 2.05) is 11.9 Å². The van der Waals surface area contributed by atoms with Gasteiger partial charge in [0, 0.05) is 44.8 Å². The van der Waals surface area contributed by atoms with E-state index in [0.717, 1.165) is 39.0 Å². The van der Waals surface area contributed by atoms with E-state index in [9.17, 15) is 13.2 Å². The van der Waals surface area contributed by atoms with Gasteiger partial charge >= 0.3 is 0 Å². The number of rotatable bonds is 3. The Morgan fingerprint density at radius 3 is 2.27 bits per heavy atom. The van der Waals surface area contributed by atoms with Crippen LogP contribution in [-0.2, 0) is 10.0 Å². The van der Waals surface area contributed by atoms with Crippen LogP contribution in [0.25, 0.3) is 0 Å². The van der Waals surface area contributed by atoms with Crippen molar-refractivity contribution in [3.63, 3.8) is 0 Å². The maximum absolute atomic E-state index is 13.1. The van der Waals surface area contributed by atoms with Crippen molar-refractivity contribution in [2.75, 3.05) is 46.3 Å². The molecule has 0 saturated carbocycles. The highest BCUT2D eigenvalue weighted by molar-refractivity contribution is 7.89. The van der Waals surface area contributed by atoms with Gasteiger partial charge in [0.05, 0.1) is 4.90 Å². The van der Waals surface area contributed by atoms with E-state index in [0.29, 0.717) is 30.1 Å². The predicted octanol–water partition coefficient (Wildman–Crippen LogP) is 1.80. The summed E-state index contributed by atoms with van der Waals surface area (Å²) in [6.07, 6.45) is 2.01. The fourth-order valence-electron chi connectivity index (χ4n) is 3.57. The number of nitrogens with zero attached hydrogens (tertiary/aromatic N) is 3. The normalized spacial score (nSPS) is 21.1. The molecule has 0 N–H and O–H groups in total. The third kappa shape index (κ3) is 3.94. The van der Waals surface area contributed by atoms with Gasteiger partial charge in [-0.25, -0.2) is 8.42 Å². The van der Waals surface area contributed by atoms with E-state index in [2.05, 4.69) is 11.8 Å². The highest BCUT2D eigenvalue weighted by Gasteiger charge is 2.30. The number of likely N-dealkylation sites (tertiary alicyclic amines) is 1. The Morgan fingerprint density at radius 1 is 1.04 bits per heavy atom. The second kappa shape index (κ2) is 7.66. The van der Waals surface area contributed by atoms with Crippen LogP contribution in [0.15, 0.2) is 23.1 Å². The van der Waals surface area contributed by atoms with Crippen molar-refractivity contribution in [2.24, 2.45) is 5.92 Å². The van der Waals surface area contributed by atoms with Crippen LogP contribution in [0.3, 0.4) is 0 Å². The molecule has 0 aromatic heterocycles. The average molecular weight is 380 g/mol. The molecule has 0 spiro atoms. The van der Waals surface area contributed by atoms with Gasteiger partial charge in [-0.3, -0.25) is 4.79 Å². The number of likely N-dealkylation sites (N-methyl/N-ethyl adjacent to an activating group) is 1. The highest BCUT2D eigenvalue weighted by Crippen LogP contribution is 2.24. The van der Waals surface area contributed by atoms with Crippen LogP contribution >= 0.6 is 0 Å². The Kier molecular flexibility index (Phi) is 5.69. The average Bonchev–Trinajstić information content (AvgIpc) is 2.62. The van der Waals surface area contributed by atoms with Gasteiger partial charge in [-0.1, -0.05) is 13.0 Å². The molecule has 1 aromatic rings. The maximum atomic E-state index is 13.1. The molecule has 144 valence electrons. The lowest BCUT2D eigenvalue weighted by Crippen LogP contribution is -2.47. The Labute approximate surface area is 156 Å². The van der Waals surface area contributed by atoms with Crippen LogP contribution in [-0.4, -0.2) is 74.7 Å². The van der Waals surface area contributed by atoms with Gasteiger partial charge in [0.25, 0.3) is 5.91 Å². The van der Waals surface area contributed by atoms with Gasteiger partial charge in [-0.05, 0) is 50.4 Å². The largest absolute Gasteiger partial charge is 0.339 e. The fraction of sp³-hybridized carbons (Fsp3) is 0.632. The molecule has 6 nitrogen and oxygen atoms in total. The molecule has 0 atom stereocenters. The SMILES string of the molecule is Cc1ccc(C(=O)N2CCC(C)CC2)cc1S(=O)(=O)N1CCN(C)CC1. The number of hydrogen-bond donors (Lipinski definition) is 0. The van der Waals surface area contributed by atoms with Crippen LogP contribution in [0.1, 0.15) is 35.7 Å². The van der Waals surface area contributed by atoms with Gasteiger partial charge in [-0.15, -0.1) is 0 Å². The summed E-state index contributed by atoms with van der Waals surface area (Å²) in [6, 6.07) is 5.07. The monoisotopic (exact) mass is 379 g/mol. The van der Waals surface area contributed by atoms with Crippen LogP contribution < -0.4 is 0 Å². The van der Waals surface area contributed by atoms with E-state index >= 15 is 0 Å². The molecular formula is C19H29N3O3S. The molecule has 0 unspecified atom stereocenters. The summed E-state index contributed by atoms with van der Waals surface area (Å²) in [5, 5.41) is 0. The standard InChI is InChI=1S/C19H29N3O3S/c1-15-6-8-21(9-7-15)19(23)17-5-4-16(2)18(14-17)26(24,25)22-12-10-20(3)11-13-22/h4-5,14-15H,6-13H2,1-3H3. The third-order valence-electron chi connectivity index (χ3n) is 5.59. The summed E-state index contributed by atoms with van der Waals surface area (Å²) in [6.45, 7) is 7.91. The lowest BCUT2D eigenvalue weighted by atomic mass is 9.98. The van der Waals surface area contributed by atoms with E-state index in [4.69, 9.17) is 0 Å². The topological polar surface area (TPSA) is 60.9 Å². The van der Waals surface area contributed by atoms with Crippen LogP contribution in [0.2, 0.25) is 0 Å². The van der Waals surface area contributed by atoms with Gasteiger partial charge in [0.2, 0.25) is 10.0 Å². The summed E-state index contributed by atoms with van der Waals surface area (Å²) < 4.78 is 27.7. The fourth-order valence-corrected chi connectivity index (χ4v) is 5.25. The first-order valence-corrected chi connectivity index (χ1v) is 10.8. The molecule has 7 heteroatoms. The minimum Gasteiger partial charge on any atom is -0.339 e. The summed E-state index contributed by atoms with van der Waals surface area (Å²) in [4.78, 5) is 17.1. The quantitative estimate of drug-likeness (QED) is 0.804. The number of piperazine rings is 1. The number of piperidine rings is 1. The number of carbonyl (C=O) groups is 1. The molecule has 2 saturated heterocycles. The maximum Gasteiger partial charge on any atom is 0.253 e. The third-order valence-corrected chi connectivity index (χ3v) is 7.63. The van der Waals surface area contributed by atoms with Gasteiger partial charge in [0.15, 0.2) is 0 Å². The smallest absolute Gasteiger partial charge is 0.253 e. The number of sulfonamides is 1. The lowest BCUT2D eigenvalue weighted by Gasteiger charge is -2.32. The Bertz CT molecular complexity index is 762. The zero-order valence-electron chi connectivity index (χ0n) is 15.9. The number of benzene rings is 1. The minimum atomic E-state index is -3.58. The summed E-state index contributed by atoms with van der Waals surface area (Å²) >= 11 is 0. The molecule has 2 aliphatic rings. The molecule has 26 heavy (non-hydrogen) atoms. The molecule has 1 amide bonds. The number of hydrogen-bond acceptors (Lipinski definition) is 4. The molecule has 1 aromatic carbocycles. The van der Waals surface area contributed by atoms with Crippen molar-refractivity contribution in [3.05, 3.63) is 29.3 Å². The zero-order chi connectivity index (χ0) is 18.9. The van der Waals surface area contributed by atoms with E-state index in [1.165, 1.54) is 4.31 Å². The van der Waals surface area contributed by atoms with Crippen molar-refractivity contribution in [1.82, 2.24) is 14.1 Å². The second-order valence-corrected chi connectivity index (χ2v) is 9.57. The van der Waals surface area contributed by atoms with E-state index in [-0.39, 0.29) is 10.8 Å². The van der Waals surface area contributed by atoms with Crippen molar-refractivity contribution in [3.8, 4) is 0 Å². The molecule has 3 rings (SSSR count). The summed E-state index contributed by atoms with van der Waals surface area (Å²) in [5.74, 6) is 0.581. The molecule has 2 fully saturated rings. The van der Waals surface area contributed by atoms with Crippen molar-refractivity contribution in [2.45, 2.75) is 31.6 Å². The first kappa shape index (κ1) is 19.3.